The summed E-state index contributed by atoms with van der Waals surface area (Å²) in [5.74, 6) is 0. The number of aromatic nitrogens is 1. The van der Waals surface area contributed by atoms with Crippen LogP contribution in [-0.2, 0) is 0 Å². The summed E-state index contributed by atoms with van der Waals surface area (Å²) in [5, 5.41) is 8.83. The standard InChI is InChI=1S/C26H15NS2/c1-3-9-21-17(6-1)20-14-16-12-13-28-25(16)15-23(20)27(21)22-10-5-8-19-18-7-2-4-11-24(18)29-26(19)22/h1-15H. The third-order valence-electron chi connectivity index (χ3n) is 5.87. The Bertz CT molecular complexity index is 1710. The summed E-state index contributed by atoms with van der Waals surface area (Å²) in [4.78, 5) is 0. The van der Waals surface area contributed by atoms with Crippen molar-refractivity contribution >= 4 is 74.7 Å². The number of rotatable bonds is 1. The van der Waals surface area contributed by atoms with E-state index in [9.17, 15) is 0 Å². The number of benzene rings is 4. The van der Waals surface area contributed by atoms with E-state index in [2.05, 4.69) is 94.9 Å². The van der Waals surface area contributed by atoms with Gasteiger partial charge in [-0.05, 0) is 47.2 Å². The average Bonchev–Trinajstić information content (AvgIpc) is 3.45. The maximum absolute atomic E-state index is 2.46. The first kappa shape index (κ1) is 15.7. The molecule has 0 unspecified atom stereocenters. The summed E-state index contributed by atoms with van der Waals surface area (Å²) in [6.45, 7) is 0. The van der Waals surface area contributed by atoms with Crippen LogP contribution in [0.3, 0.4) is 0 Å². The molecule has 3 heterocycles. The quantitative estimate of drug-likeness (QED) is 0.258. The first-order valence-electron chi connectivity index (χ1n) is 9.69. The lowest BCUT2D eigenvalue weighted by molar-refractivity contribution is 1.20. The number of hydrogen-bond acceptors (Lipinski definition) is 2. The van der Waals surface area contributed by atoms with Crippen molar-refractivity contribution in [2.24, 2.45) is 0 Å². The van der Waals surface area contributed by atoms with Crippen LogP contribution in [0.4, 0.5) is 0 Å². The van der Waals surface area contributed by atoms with E-state index in [4.69, 9.17) is 0 Å². The Hall–Kier alpha value is -3.14. The molecule has 0 fully saturated rings. The molecule has 3 aromatic heterocycles. The van der Waals surface area contributed by atoms with Crippen LogP contribution in [0.5, 0.6) is 0 Å². The van der Waals surface area contributed by atoms with Crippen LogP contribution in [0.25, 0.3) is 57.8 Å². The highest BCUT2D eigenvalue weighted by Crippen LogP contribution is 2.41. The maximum Gasteiger partial charge on any atom is 0.0640 e. The van der Waals surface area contributed by atoms with E-state index in [0.29, 0.717) is 0 Å². The van der Waals surface area contributed by atoms with Crippen LogP contribution in [0.15, 0.2) is 90.3 Å². The number of para-hydroxylation sites is 1. The first-order valence-corrected chi connectivity index (χ1v) is 11.4. The first-order chi connectivity index (χ1) is 14.4. The van der Waals surface area contributed by atoms with Gasteiger partial charge in [-0.2, -0.15) is 0 Å². The van der Waals surface area contributed by atoms with E-state index in [1.807, 2.05) is 22.7 Å². The second-order valence-corrected chi connectivity index (χ2v) is 9.43. The Balaban J connectivity index is 1.71. The van der Waals surface area contributed by atoms with Crippen molar-refractivity contribution < 1.29 is 0 Å². The van der Waals surface area contributed by atoms with Gasteiger partial charge in [0, 0.05) is 30.9 Å². The molecule has 1 nitrogen and oxygen atoms in total. The van der Waals surface area contributed by atoms with E-state index < -0.39 is 0 Å². The third kappa shape index (κ3) is 2.09. The minimum Gasteiger partial charge on any atom is -0.308 e. The molecule has 0 saturated heterocycles. The highest BCUT2D eigenvalue weighted by molar-refractivity contribution is 7.26. The second-order valence-electron chi connectivity index (χ2n) is 7.43. The van der Waals surface area contributed by atoms with E-state index in [0.717, 1.165) is 0 Å². The molecule has 0 aliphatic rings. The molecule has 7 rings (SSSR count). The highest BCUT2D eigenvalue weighted by atomic mass is 32.1. The van der Waals surface area contributed by atoms with Gasteiger partial charge in [0.2, 0.25) is 0 Å². The molecule has 0 bridgehead atoms. The summed E-state index contributed by atoms with van der Waals surface area (Å²) in [5.41, 5.74) is 3.82. The molecule has 0 aliphatic carbocycles. The fourth-order valence-corrected chi connectivity index (χ4v) is 6.60. The summed E-state index contributed by atoms with van der Waals surface area (Å²) in [7, 11) is 0. The molecule has 136 valence electrons. The lowest BCUT2D eigenvalue weighted by Crippen LogP contribution is -1.93. The normalized spacial score (nSPS) is 12.1. The van der Waals surface area contributed by atoms with Gasteiger partial charge < -0.3 is 4.57 Å². The summed E-state index contributed by atoms with van der Waals surface area (Å²) in [6.07, 6.45) is 0. The number of hydrogen-bond donors (Lipinski definition) is 0. The molecule has 0 spiro atoms. The topological polar surface area (TPSA) is 4.93 Å². The fraction of sp³-hybridized carbons (Fsp3) is 0. The zero-order chi connectivity index (χ0) is 18.9. The smallest absolute Gasteiger partial charge is 0.0640 e. The maximum atomic E-state index is 2.46. The molecule has 0 radical (unpaired) electrons. The Labute approximate surface area is 175 Å². The van der Waals surface area contributed by atoms with Gasteiger partial charge in [0.05, 0.1) is 21.4 Å². The van der Waals surface area contributed by atoms with Crippen LogP contribution >= 0.6 is 22.7 Å². The SMILES string of the molecule is c1ccc2c(c1)sc1c(-n3c4ccccc4c4cc5ccsc5cc43)cccc12. The monoisotopic (exact) mass is 405 g/mol. The zero-order valence-corrected chi connectivity index (χ0v) is 17.1. The fourth-order valence-electron chi connectivity index (χ4n) is 4.59. The van der Waals surface area contributed by atoms with Gasteiger partial charge >= 0.3 is 0 Å². The molecule has 0 aliphatic heterocycles. The lowest BCUT2D eigenvalue weighted by Gasteiger charge is -2.09. The van der Waals surface area contributed by atoms with Crippen molar-refractivity contribution in [1.29, 1.82) is 0 Å². The average molecular weight is 406 g/mol. The Morgan fingerprint density at radius 2 is 1.41 bits per heavy atom. The van der Waals surface area contributed by atoms with Crippen LogP contribution in [-0.4, -0.2) is 4.57 Å². The van der Waals surface area contributed by atoms with Gasteiger partial charge in [-0.1, -0.05) is 48.5 Å². The van der Waals surface area contributed by atoms with Crippen LogP contribution < -0.4 is 0 Å². The minimum atomic E-state index is 1.27. The minimum absolute atomic E-state index is 1.27. The van der Waals surface area contributed by atoms with Crippen molar-refractivity contribution in [1.82, 2.24) is 4.57 Å². The molecule has 29 heavy (non-hydrogen) atoms. The molecule has 0 atom stereocenters. The second kappa shape index (κ2) is 5.69. The molecule has 0 N–H and O–H groups in total. The van der Waals surface area contributed by atoms with E-state index in [1.165, 1.54) is 57.8 Å². The van der Waals surface area contributed by atoms with Crippen molar-refractivity contribution in [2.45, 2.75) is 0 Å². The third-order valence-corrected chi connectivity index (χ3v) is 7.96. The number of thiophene rings is 2. The lowest BCUT2D eigenvalue weighted by atomic mass is 10.1. The Morgan fingerprint density at radius 1 is 0.586 bits per heavy atom. The van der Waals surface area contributed by atoms with Crippen molar-refractivity contribution in [3.05, 3.63) is 90.3 Å². The summed E-state index contributed by atoms with van der Waals surface area (Å²) < 4.78 is 6.49. The van der Waals surface area contributed by atoms with Crippen LogP contribution in [0.1, 0.15) is 0 Å². The van der Waals surface area contributed by atoms with E-state index in [1.54, 1.807) is 0 Å². The summed E-state index contributed by atoms with van der Waals surface area (Å²) >= 11 is 3.70. The van der Waals surface area contributed by atoms with Crippen molar-refractivity contribution in [2.75, 3.05) is 0 Å². The van der Waals surface area contributed by atoms with Gasteiger partial charge in [-0.3, -0.25) is 0 Å². The molecule has 0 saturated carbocycles. The molecule has 7 aromatic rings. The predicted octanol–water partition coefficient (Wildman–Crippen LogP) is 8.37. The summed E-state index contributed by atoms with van der Waals surface area (Å²) in [6, 6.07) is 31.2. The largest absolute Gasteiger partial charge is 0.308 e. The van der Waals surface area contributed by atoms with E-state index >= 15 is 0 Å². The highest BCUT2D eigenvalue weighted by Gasteiger charge is 2.16. The molecule has 0 amide bonds. The van der Waals surface area contributed by atoms with Crippen molar-refractivity contribution in [3.63, 3.8) is 0 Å². The molecular formula is C26H15NS2. The van der Waals surface area contributed by atoms with E-state index in [-0.39, 0.29) is 0 Å². The van der Waals surface area contributed by atoms with Crippen molar-refractivity contribution in [3.8, 4) is 5.69 Å². The van der Waals surface area contributed by atoms with Gasteiger partial charge in [-0.25, -0.2) is 0 Å². The van der Waals surface area contributed by atoms with Crippen LogP contribution in [0.2, 0.25) is 0 Å². The Kier molecular flexibility index (Phi) is 3.09. The molecular weight excluding hydrogens is 390 g/mol. The molecule has 4 aromatic carbocycles. The molecule has 3 heteroatoms. The number of fused-ring (bicyclic) bond motifs is 7. The van der Waals surface area contributed by atoms with Gasteiger partial charge in [0.15, 0.2) is 0 Å². The predicted molar refractivity (Wildman–Crippen MR) is 129 cm³/mol. The van der Waals surface area contributed by atoms with Gasteiger partial charge in [-0.15, -0.1) is 22.7 Å². The van der Waals surface area contributed by atoms with Gasteiger partial charge in [0.1, 0.15) is 0 Å². The number of nitrogens with zero attached hydrogens (tertiary/aromatic N) is 1. The van der Waals surface area contributed by atoms with Crippen LogP contribution in [0, 0.1) is 0 Å². The van der Waals surface area contributed by atoms with Gasteiger partial charge in [0.25, 0.3) is 0 Å². The Morgan fingerprint density at radius 3 is 2.38 bits per heavy atom. The zero-order valence-electron chi connectivity index (χ0n) is 15.4.